The van der Waals surface area contributed by atoms with E-state index < -0.39 is 12.0 Å². The van der Waals surface area contributed by atoms with Gasteiger partial charge in [0.2, 0.25) is 0 Å². The molecule has 4 rings (SSSR count). The van der Waals surface area contributed by atoms with E-state index in [0.29, 0.717) is 10.6 Å². The summed E-state index contributed by atoms with van der Waals surface area (Å²) in [5, 5.41) is 14.7. The number of aryl methyl sites for hydroxylation is 1. The molecule has 2 aromatic heterocycles. The van der Waals surface area contributed by atoms with E-state index in [1.165, 1.54) is 35.3 Å². The SMILES string of the molecule is Cc1nn(-c2ccc(F)cc2)c2sc(C(=O)N(C3CC3)C(C)C(=O)O)cc12. The number of carbonyl (C=O) groups is 2. The molecule has 3 aromatic rings. The smallest absolute Gasteiger partial charge is 0.326 e. The van der Waals surface area contributed by atoms with Crippen LogP contribution < -0.4 is 0 Å². The second-order valence-electron chi connectivity index (χ2n) is 6.76. The Morgan fingerprint density at radius 2 is 2.00 bits per heavy atom. The first-order valence-corrected chi connectivity index (χ1v) is 9.49. The minimum Gasteiger partial charge on any atom is -0.480 e. The van der Waals surface area contributed by atoms with E-state index >= 15 is 0 Å². The summed E-state index contributed by atoms with van der Waals surface area (Å²) < 4.78 is 14.9. The van der Waals surface area contributed by atoms with E-state index in [1.54, 1.807) is 22.9 Å². The lowest BCUT2D eigenvalue weighted by molar-refractivity contribution is -0.141. The highest BCUT2D eigenvalue weighted by atomic mass is 32.1. The number of thiophene rings is 1. The van der Waals surface area contributed by atoms with Crippen molar-refractivity contribution in [2.24, 2.45) is 0 Å². The zero-order chi connectivity index (χ0) is 19.3. The number of benzene rings is 1. The zero-order valence-corrected chi connectivity index (χ0v) is 15.7. The van der Waals surface area contributed by atoms with Crippen molar-refractivity contribution < 1.29 is 19.1 Å². The largest absolute Gasteiger partial charge is 0.480 e. The van der Waals surface area contributed by atoms with Crippen LogP contribution in [0.2, 0.25) is 0 Å². The van der Waals surface area contributed by atoms with Crippen LogP contribution in [0.25, 0.3) is 15.9 Å². The summed E-state index contributed by atoms with van der Waals surface area (Å²) in [5.74, 6) is -1.60. The predicted molar refractivity (Wildman–Crippen MR) is 99.9 cm³/mol. The molecule has 1 N–H and O–H groups in total. The number of carboxylic acid groups (broad SMARTS) is 1. The fraction of sp³-hybridized carbons (Fsp3) is 0.316. The second-order valence-corrected chi connectivity index (χ2v) is 7.79. The van der Waals surface area contributed by atoms with E-state index in [4.69, 9.17) is 0 Å². The highest BCUT2D eigenvalue weighted by Gasteiger charge is 2.39. The van der Waals surface area contributed by atoms with Crippen molar-refractivity contribution in [1.82, 2.24) is 14.7 Å². The van der Waals surface area contributed by atoms with E-state index in [0.717, 1.165) is 28.8 Å². The molecule has 1 aliphatic rings. The van der Waals surface area contributed by atoms with Crippen LogP contribution in [0.1, 0.15) is 35.1 Å². The average Bonchev–Trinajstić information content (AvgIpc) is 3.28. The molecule has 1 saturated carbocycles. The number of fused-ring (bicyclic) bond motifs is 1. The van der Waals surface area contributed by atoms with Gasteiger partial charge in [0, 0.05) is 11.4 Å². The molecule has 6 nitrogen and oxygen atoms in total. The minimum atomic E-state index is -1.01. The average molecular weight is 387 g/mol. The number of nitrogens with zero attached hydrogens (tertiary/aromatic N) is 3. The monoisotopic (exact) mass is 387 g/mol. The molecule has 1 atom stereocenters. The van der Waals surface area contributed by atoms with Crippen molar-refractivity contribution in [2.75, 3.05) is 0 Å². The first-order valence-electron chi connectivity index (χ1n) is 8.67. The topological polar surface area (TPSA) is 75.4 Å². The minimum absolute atomic E-state index is 0.0106. The number of carbonyl (C=O) groups excluding carboxylic acids is 1. The lowest BCUT2D eigenvalue weighted by atomic mass is 10.2. The number of hydrogen-bond donors (Lipinski definition) is 1. The summed E-state index contributed by atoms with van der Waals surface area (Å²) in [6.45, 7) is 3.39. The van der Waals surface area contributed by atoms with E-state index in [-0.39, 0.29) is 17.8 Å². The normalized spacial score (nSPS) is 15.1. The van der Waals surface area contributed by atoms with Crippen molar-refractivity contribution in [3.63, 3.8) is 0 Å². The van der Waals surface area contributed by atoms with Crippen LogP contribution in [0.4, 0.5) is 4.39 Å². The molecule has 0 aliphatic heterocycles. The number of carboxylic acids is 1. The Balaban J connectivity index is 1.75. The van der Waals surface area contributed by atoms with Crippen LogP contribution in [0.3, 0.4) is 0 Å². The van der Waals surface area contributed by atoms with Gasteiger partial charge in [-0.2, -0.15) is 5.10 Å². The second kappa shape index (κ2) is 6.45. The Kier molecular flexibility index (Phi) is 4.22. The third kappa shape index (κ3) is 3.10. The fourth-order valence-corrected chi connectivity index (χ4v) is 4.29. The lowest BCUT2D eigenvalue weighted by Crippen LogP contribution is -2.44. The highest BCUT2D eigenvalue weighted by molar-refractivity contribution is 7.20. The van der Waals surface area contributed by atoms with Gasteiger partial charge < -0.3 is 10.0 Å². The van der Waals surface area contributed by atoms with Gasteiger partial charge in [-0.1, -0.05) is 0 Å². The van der Waals surface area contributed by atoms with Gasteiger partial charge in [-0.15, -0.1) is 11.3 Å². The molecular weight excluding hydrogens is 369 g/mol. The van der Waals surface area contributed by atoms with E-state index in [2.05, 4.69) is 5.10 Å². The van der Waals surface area contributed by atoms with Gasteiger partial charge >= 0.3 is 5.97 Å². The maximum absolute atomic E-state index is 13.2. The van der Waals surface area contributed by atoms with E-state index in [1.807, 2.05) is 6.92 Å². The molecule has 0 spiro atoms. The van der Waals surface area contributed by atoms with Crippen molar-refractivity contribution in [3.8, 4) is 5.69 Å². The molecule has 8 heteroatoms. The predicted octanol–water partition coefficient (Wildman–Crippen LogP) is 3.61. The van der Waals surface area contributed by atoms with Crippen LogP contribution in [0.5, 0.6) is 0 Å². The summed E-state index contributed by atoms with van der Waals surface area (Å²) >= 11 is 1.28. The molecule has 0 saturated heterocycles. The Bertz CT molecular complexity index is 1040. The van der Waals surface area contributed by atoms with Gasteiger partial charge in [0.15, 0.2) is 0 Å². The van der Waals surface area contributed by atoms with Gasteiger partial charge in [0.1, 0.15) is 16.7 Å². The molecule has 2 heterocycles. The molecule has 1 fully saturated rings. The van der Waals surface area contributed by atoms with Crippen molar-refractivity contribution in [1.29, 1.82) is 0 Å². The van der Waals surface area contributed by atoms with Crippen molar-refractivity contribution >= 4 is 33.4 Å². The number of aliphatic carboxylic acids is 1. The first kappa shape index (κ1) is 17.7. The maximum atomic E-state index is 13.2. The molecule has 0 bridgehead atoms. The molecule has 140 valence electrons. The number of amides is 1. The summed E-state index contributed by atoms with van der Waals surface area (Å²) in [7, 11) is 0. The van der Waals surface area contributed by atoms with Crippen LogP contribution in [-0.2, 0) is 4.79 Å². The Morgan fingerprint density at radius 3 is 2.59 bits per heavy atom. The van der Waals surface area contributed by atoms with Gasteiger partial charge in [-0.3, -0.25) is 4.79 Å². The lowest BCUT2D eigenvalue weighted by Gasteiger charge is -2.25. The Morgan fingerprint density at radius 1 is 1.33 bits per heavy atom. The third-order valence-electron chi connectivity index (χ3n) is 4.78. The van der Waals surface area contributed by atoms with Crippen molar-refractivity contribution in [2.45, 2.75) is 38.8 Å². The Labute approximate surface area is 158 Å². The number of aromatic nitrogens is 2. The van der Waals surface area contributed by atoms with Gasteiger partial charge in [-0.05, 0) is 57.0 Å². The Hall–Kier alpha value is -2.74. The standard InChI is InChI=1S/C19H18FN3O3S/c1-10-15-9-16(17(24)22(13-7-8-13)11(2)19(25)26)27-18(15)23(21-10)14-5-3-12(20)4-6-14/h3-6,9,11,13H,7-8H2,1-2H3,(H,25,26). The summed E-state index contributed by atoms with van der Waals surface area (Å²) in [5.41, 5.74) is 1.46. The number of rotatable bonds is 5. The number of halogens is 1. The number of hydrogen-bond acceptors (Lipinski definition) is 4. The highest BCUT2D eigenvalue weighted by Crippen LogP contribution is 2.35. The molecule has 27 heavy (non-hydrogen) atoms. The van der Waals surface area contributed by atoms with Crippen LogP contribution in [0, 0.1) is 12.7 Å². The summed E-state index contributed by atoms with van der Waals surface area (Å²) in [4.78, 5) is 27.2. The summed E-state index contributed by atoms with van der Waals surface area (Å²) in [6, 6.07) is 6.88. The molecule has 1 aliphatic carbocycles. The van der Waals surface area contributed by atoms with Gasteiger partial charge in [0.25, 0.3) is 5.91 Å². The fourth-order valence-electron chi connectivity index (χ4n) is 3.17. The van der Waals surface area contributed by atoms with Crippen LogP contribution in [-0.4, -0.2) is 43.7 Å². The zero-order valence-electron chi connectivity index (χ0n) is 14.8. The maximum Gasteiger partial charge on any atom is 0.326 e. The van der Waals surface area contributed by atoms with E-state index in [9.17, 15) is 19.1 Å². The van der Waals surface area contributed by atoms with Crippen molar-refractivity contribution in [3.05, 3.63) is 46.7 Å². The van der Waals surface area contributed by atoms with Crippen LogP contribution >= 0.6 is 11.3 Å². The quantitative estimate of drug-likeness (QED) is 0.726. The molecule has 1 unspecified atom stereocenters. The van der Waals surface area contributed by atoms with Crippen LogP contribution in [0.15, 0.2) is 30.3 Å². The molecule has 0 radical (unpaired) electrons. The van der Waals surface area contributed by atoms with Gasteiger partial charge in [-0.25, -0.2) is 13.9 Å². The summed E-state index contributed by atoms with van der Waals surface area (Å²) in [6.07, 6.45) is 1.66. The molecule has 1 amide bonds. The molecular formula is C19H18FN3O3S. The first-order chi connectivity index (χ1) is 12.9. The third-order valence-corrected chi connectivity index (χ3v) is 5.87. The van der Waals surface area contributed by atoms with Gasteiger partial charge in [0.05, 0.1) is 16.3 Å². The molecule has 1 aromatic carbocycles.